The van der Waals surface area contributed by atoms with E-state index in [1.165, 1.54) is 18.3 Å². The average Bonchev–Trinajstić information content (AvgIpc) is 2.39. The first-order chi connectivity index (χ1) is 9.29. The van der Waals surface area contributed by atoms with Gasteiger partial charge in [0.1, 0.15) is 18.0 Å². The van der Waals surface area contributed by atoms with Crippen LogP contribution in [-0.4, -0.2) is 64.5 Å². The molecule has 3 N–H and O–H groups in total. The molecule has 2 heterocycles. The molecule has 7 nitrogen and oxygen atoms in total. The van der Waals surface area contributed by atoms with Crippen molar-refractivity contribution >= 4 is 21.6 Å². The van der Waals surface area contributed by atoms with Gasteiger partial charge in [0, 0.05) is 12.0 Å². The topological polar surface area (TPSA) is 117 Å². The second-order valence-corrected chi connectivity index (χ2v) is 7.57. The third kappa shape index (κ3) is 3.41. The molecule has 0 amide bonds. The van der Waals surface area contributed by atoms with Gasteiger partial charge in [-0.05, 0) is 12.1 Å². The molecule has 0 unspecified atom stereocenters. The largest absolute Gasteiger partial charge is 0.475 e. The molecule has 20 heavy (non-hydrogen) atoms. The van der Waals surface area contributed by atoms with Crippen LogP contribution in [0.5, 0.6) is 5.75 Å². The van der Waals surface area contributed by atoms with Crippen LogP contribution in [0, 0.1) is 0 Å². The summed E-state index contributed by atoms with van der Waals surface area (Å²) in [6, 6.07) is 2.73. The zero-order chi connectivity index (χ0) is 14.9. The zero-order valence-electron chi connectivity index (χ0n) is 10.6. The first-order valence-electron chi connectivity index (χ1n) is 5.77. The summed E-state index contributed by atoms with van der Waals surface area (Å²) in [5, 5.41) is 28.7. The van der Waals surface area contributed by atoms with Gasteiger partial charge >= 0.3 is 0 Å². The molecule has 0 bridgehead atoms. The average molecular weight is 321 g/mol. The monoisotopic (exact) mass is 321 g/mol. The fourth-order valence-corrected chi connectivity index (χ4v) is 3.35. The normalized spacial score (nSPS) is 31.0. The smallest absolute Gasteiger partial charge is 0.192 e. The molecule has 1 aliphatic heterocycles. The molecule has 0 radical (unpaired) electrons. The lowest BCUT2D eigenvalue weighted by Crippen LogP contribution is -2.50. The van der Waals surface area contributed by atoms with Crippen LogP contribution in [0.3, 0.4) is 0 Å². The maximum Gasteiger partial charge on any atom is 0.192 e. The van der Waals surface area contributed by atoms with Gasteiger partial charge in [-0.1, -0.05) is 0 Å². The van der Waals surface area contributed by atoms with Gasteiger partial charge in [0.05, 0.1) is 12.3 Å². The molecule has 1 saturated heterocycles. The summed E-state index contributed by atoms with van der Waals surface area (Å²) >= 11 is 1.16. The zero-order valence-corrected chi connectivity index (χ0v) is 12.2. The van der Waals surface area contributed by atoms with Gasteiger partial charge in [-0.25, -0.2) is 13.4 Å². The maximum atomic E-state index is 11.3. The van der Waals surface area contributed by atoms with Crippen LogP contribution >= 0.6 is 11.8 Å². The minimum atomic E-state index is -3.37. The van der Waals surface area contributed by atoms with Gasteiger partial charge in [0.25, 0.3) is 0 Å². The summed E-state index contributed by atoms with van der Waals surface area (Å²) in [7, 11) is -3.37. The van der Waals surface area contributed by atoms with Crippen LogP contribution in [0.15, 0.2) is 23.4 Å². The van der Waals surface area contributed by atoms with E-state index in [2.05, 4.69) is 4.98 Å². The van der Waals surface area contributed by atoms with E-state index in [0.29, 0.717) is 0 Å². The van der Waals surface area contributed by atoms with Crippen LogP contribution in [-0.2, 0) is 9.84 Å². The van der Waals surface area contributed by atoms with Gasteiger partial charge in [0.15, 0.2) is 20.3 Å². The highest BCUT2D eigenvalue weighted by Gasteiger charge is 2.38. The molecular weight excluding hydrogens is 306 g/mol. The Kier molecular flexibility index (Phi) is 4.55. The van der Waals surface area contributed by atoms with Crippen molar-refractivity contribution in [1.29, 1.82) is 0 Å². The van der Waals surface area contributed by atoms with Crippen molar-refractivity contribution in [2.75, 3.05) is 12.0 Å². The van der Waals surface area contributed by atoms with Crippen LogP contribution in [0.4, 0.5) is 0 Å². The van der Waals surface area contributed by atoms with E-state index in [4.69, 9.17) is 4.74 Å². The standard InChI is InChI=1S/C11H15NO6S2/c1-20(16,17)8-3-2-6(4-12-8)18-11-10(15)9(14)7(13)5-19-11/h2-4,7,9-11,13-15H,5H2,1H3/t7-,9+,10-,11+/m1/s1. The number of aliphatic hydroxyl groups excluding tert-OH is 3. The number of pyridine rings is 1. The molecule has 9 heteroatoms. The van der Waals surface area contributed by atoms with Crippen LogP contribution in [0.25, 0.3) is 0 Å². The predicted octanol–water partition coefficient (Wildman–Crippen LogP) is -0.981. The Morgan fingerprint density at radius 2 is 2.00 bits per heavy atom. The summed E-state index contributed by atoms with van der Waals surface area (Å²) in [6.07, 6.45) is -1.22. The lowest BCUT2D eigenvalue weighted by atomic mass is 10.1. The summed E-state index contributed by atoms with van der Waals surface area (Å²) in [5.41, 5.74) is -0.751. The molecule has 2 rings (SSSR count). The number of aliphatic hydroxyl groups is 3. The summed E-state index contributed by atoms with van der Waals surface area (Å²) < 4.78 is 28.0. The van der Waals surface area contributed by atoms with Gasteiger partial charge in [-0.15, -0.1) is 11.8 Å². The number of hydrogen-bond donors (Lipinski definition) is 3. The number of rotatable bonds is 3. The van der Waals surface area contributed by atoms with Crippen LogP contribution in [0.1, 0.15) is 0 Å². The Labute approximate surface area is 120 Å². The first-order valence-corrected chi connectivity index (χ1v) is 8.71. The molecule has 0 spiro atoms. The first kappa shape index (κ1) is 15.5. The number of aromatic nitrogens is 1. The molecule has 1 aliphatic rings. The summed E-state index contributed by atoms with van der Waals surface area (Å²) in [6.45, 7) is 0. The Morgan fingerprint density at radius 1 is 1.30 bits per heavy atom. The fraction of sp³-hybridized carbons (Fsp3) is 0.545. The van der Waals surface area contributed by atoms with Crippen molar-refractivity contribution in [1.82, 2.24) is 4.98 Å². The SMILES string of the molecule is CS(=O)(=O)c1ccc(O[C@H]2SC[C@@H](O)[C@H](O)[C@H]2O)cn1. The van der Waals surface area contributed by atoms with E-state index in [0.717, 1.165) is 18.0 Å². The van der Waals surface area contributed by atoms with Crippen molar-refractivity contribution in [2.45, 2.75) is 28.8 Å². The maximum absolute atomic E-state index is 11.3. The van der Waals surface area contributed by atoms with Gasteiger partial charge in [0.2, 0.25) is 0 Å². The Morgan fingerprint density at radius 3 is 2.55 bits per heavy atom. The minimum Gasteiger partial charge on any atom is -0.475 e. The van der Waals surface area contributed by atoms with Crippen molar-refractivity contribution < 1.29 is 28.5 Å². The van der Waals surface area contributed by atoms with Gasteiger partial charge in [-0.2, -0.15) is 0 Å². The van der Waals surface area contributed by atoms with E-state index in [-0.39, 0.29) is 16.5 Å². The van der Waals surface area contributed by atoms with Gasteiger partial charge < -0.3 is 20.1 Å². The van der Waals surface area contributed by atoms with Crippen molar-refractivity contribution in [3.05, 3.63) is 18.3 Å². The molecule has 1 fully saturated rings. The quantitative estimate of drug-likeness (QED) is 0.650. The van der Waals surface area contributed by atoms with Gasteiger partial charge in [-0.3, -0.25) is 0 Å². The van der Waals surface area contributed by atoms with Crippen molar-refractivity contribution in [3.8, 4) is 5.75 Å². The summed E-state index contributed by atoms with van der Waals surface area (Å²) in [4.78, 5) is 3.76. The van der Waals surface area contributed by atoms with Crippen molar-refractivity contribution in [3.63, 3.8) is 0 Å². The lowest BCUT2D eigenvalue weighted by molar-refractivity contribution is -0.0786. The second kappa shape index (κ2) is 5.86. The molecule has 1 aromatic heterocycles. The fourth-order valence-electron chi connectivity index (χ4n) is 1.67. The third-order valence-electron chi connectivity index (χ3n) is 2.80. The van der Waals surface area contributed by atoms with E-state index >= 15 is 0 Å². The number of sulfone groups is 1. The highest BCUT2D eigenvalue weighted by atomic mass is 32.2. The molecule has 0 aliphatic carbocycles. The van der Waals surface area contributed by atoms with E-state index in [1.54, 1.807) is 0 Å². The predicted molar refractivity (Wildman–Crippen MR) is 72.2 cm³/mol. The van der Waals surface area contributed by atoms with E-state index in [1.807, 2.05) is 0 Å². The molecular formula is C11H15NO6S2. The molecule has 0 saturated carbocycles. The lowest BCUT2D eigenvalue weighted by Gasteiger charge is -2.34. The van der Waals surface area contributed by atoms with Crippen LogP contribution < -0.4 is 4.74 Å². The Bertz CT molecular complexity index is 561. The highest BCUT2D eigenvalue weighted by molar-refractivity contribution is 7.99. The molecule has 4 atom stereocenters. The number of hydrogen-bond acceptors (Lipinski definition) is 8. The van der Waals surface area contributed by atoms with Crippen molar-refractivity contribution in [2.24, 2.45) is 0 Å². The third-order valence-corrected chi connectivity index (χ3v) is 5.03. The Balaban J connectivity index is 2.07. The molecule has 112 valence electrons. The number of ether oxygens (including phenoxy) is 1. The second-order valence-electron chi connectivity index (χ2n) is 4.47. The highest BCUT2D eigenvalue weighted by Crippen LogP contribution is 2.29. The summed E-state index contributed by atoms with van der Waals surface area (Å²) in [5.74, 6) is 0.509. The van der Waals surface area contributed by atoms with E-state index < -0.39 is 33.6 Å². The minimum absolute atomic E-state index is 0.0721. The molecule has 0 aromatic carbocycles. The van der Waals surface area contributed by atoms with Crippen LogP contribution in [0.2, 0.25) is 0 Å². The number of nitrogens with zero attached hydrogens (tertiary/aromatic N) is 1. The van der Waals surface area contributed by atoms with E-state index in [9.17, 15) is 23.7 Å². The molecule has 1 aromatic rings. The Hall–Kier alpha value is -0.870. The number of thioether (sulfide) groups is 1.